The van der Waals surface area contributed by atoms with Crippen molar-refractivity contribution in [3.63, 3.8) is 0 Å². The minimum Gasteiger partial charge on any atom is -0.394 e. The second-order valence-electron chi connectivity index (χ2n) is 9.57. The zero-order valence-corrected chi connectivity index (χ0v) is 17.1. The predicted octanol–water partition coefficient (Wildman–Crippen LogP) is 0.717. The maximum atomic E-state index is 10.3. The van der Waals surface area contributed by atoms with Gasteiger partial charge >= 0.3 is 0 Å². The van der Waals surface area contributed by atoms with Gasteiger partial charge in [-0.25, -0.2) is 0 Å². The number of aliphatic hydroxyl groups excluding tert-OH is 5. The first kappa shape index (κ1) is 22.2. The quantitative estimate of drug-likeness (QED) is 0.431. The molecule has 5 N–H and O–H groups in total. The van der Waals surface area contributed by atoms with Crippen molar-refractivity contribution in [3.05, 3.63) is 11.6 Å². The topological polar surface area (TPSA) is 120 Å². The number of rotatable bonds is 5. The molecule has 3 aliphatic rings. The third-order valence-electron chi connectivity index (χ3n) is 7.43. The molecule has 8 unspecified atom stereocenters. The molecular formula is C21H36O7. The van der Waals surface area contributed by atoms with E-state index in [2.05, 4.69) is 13.0 Å². The lowest BCUT2D eigenvalue weighted by molar-refractivity contribution is -0.330. The molecule has 0 aromatic heterocycles. The van der Waals surface area contributed by atoms with Crippen LogP contribution in [0.25, 0.3) is 0 Å². The van der Waals surface area contributed by atoms with Gasteiger partial charge in [0.05, 0.1) is 18.8 Å². The molecule has 1 saturated carbocycles. The third-order valence-corrected chi connectivity index (χ3v) is 7.43. The van der Waals surface area contributed by atoms with Gasteiger partial charge in [0, 0.05) is 0 Å². The van der Waals surface area contributed by atoms with Crippen LogP contribution in [0, 0.1) is 17.3 Å². The van der Waals surface area contributed by atoms with Crippen LogP contribution in [0.15, 0.2) is 11.6 Å². The maximum absolute atomic E-state index is 10.3. The fourth-order valence-electron chi connectivity index (χ4n) is 5.36. The van der Waals surface area contributed by atoms with Gasteiger partial charge in [0.25, 0.3) is 0 Å². The second kappa shape index (κ2) is 8.30. The van der Waals surface area contributed by atoms with E-state index in [1.165, 1.54) is 0 Å². The zero-order valence-electron chi connectivity index (χ0n) is 17.1. The van der Waals surface area contributed by atoms with Gasteiger partial charge in [-0.1, -0.05) is 13.0 Å². The number of allylic oxidation sites excluding steroid dienone is 1. The lowest BCUT2D eigenvalue weighted by Gasteiger charge is -2.52. The Labute approximate surface area is 167 Å². The molecule has 2 fully saturated rings. The molecule has 7 heteroatoms. The molecule has 1 aliphatic heterocycles. The summed E-state index contributed by atoms with van der Waals surface area (Å²) >= 11 is 0. The predicted molar refractivity (Wildman–Crippen MR) is 102 cm³/mol. The summed E-state index contributed by atoms with van der Waals surface area (Å²) < 4.78 is 11.7. The molecule has 2 aliphatic carbocycles. The fourth-order valence-corrected chi connectivity index (χ4v) is 5.36. The van der Waals surface area contributed by atoms with E-state index in [9.17, 15) is 25.5 Å². The van der Waals surface area contributed by atoms with Crippen molar-refractivity contribution in [2.75, 3.05) is 13.2 Å². The van der Waals surface area contributed by atoms with Crippen LogP contribution in [0.4, 0.5) is 0 Å². The van der Waals surface area contributed by atoms with E-state index in [1.54, 1.807) is 0 Å². The smallest absolute Gasteiger partial charge is 0.187 e. The number of hydrogen-bond donors (Lipinski definition) is 5. The highest BCUT2D eigenvalue weighted by molar-refractivity contribution is 5.18. The summed E-state index contributed by atoms with van der Waals surface area (Å²) in [5, 5.41) is 49.5. The molecule has 0 radical (unpaired) electrons. The minimum absolute atomic E-state index is 0.0843. The van der Waals surface area contributed by atoms with Gasteiger partial charge < -0.3 is 35.0 Å². The van der Waals surface area contributed by atoms with Crippen LogP contribution in [0.5, 0.6) is 0 Å². The average Bonchev–Trinajstić information content (AvgIpc) is 2.66. The van der Waals surface area contributed by atoms with Crippen LogP contribution in [0.1, 0.15) is 52.9 Å². The van der Waals surface area contributed by atoms with Gasteiger partial charge in [0.1, 0.15) is 24.4 Å². The summed E-state index contributed by atoms with van der Waals surface area (Å²) in [7, 11) is 0. The number of hydrogen-bond acceptors (Lipinski definition) is 7. The minimum atomic E-state index is -1.44. The lowest BCUT2D eigenvalue weighted by atomic mass is 9.56. The first-order valence-electron chi connectivity index (χ1n) is 10.4. The van der Waals surface area contributed by atoms with Crippen molar-refractivity contribution in [1.82, 2.24) is 0 Å². The zero-order chi connectivity index (χ0) is 20.7. The van der Waals surface area contributed by atoms with Gasteiger partial charge in [-0.2, -0.15) is 0 Å². The average molecular weight is 401 g/mol. The van der Waals surface area contributed by atoms with Crippen molar-refractivity contribution < 1.29 is 35.0 Å². The molecule has 3 rings (SSSR count). The summed E-state index contributed by atoms with van der Waals surface area (Å²) in [6, 6.07) is 0. The Morgan fingerprint density at radius 2 is 1.86 bits per heavy atom. The Morgan fingerprint density at radius 3 is 2.50 bits per heavy atom. The van der Waals surface area contributed by atoms with E-state index in [0.29, 0.717) is 5.92 Å². The summed E-state index contributed by atoms with van der Waals surface area (Å²) in [4.78, 5) is 0. The molecule has 0 bridgehead atoms. The SMILES string of the molecule is CC12CCC=C(CO)C1CC(C(C)(C)OC1OC(CO)C(O)C(O)C1O)CC2. The van der Waals surface area contributed by atoms with Crippen LogP contribution in [-0.2, 0) is 9.47 Å². The first-order valence-corrected chi connectivity index (χ1v) is 10.4. The molecule has 0 amide bonds. The molecule has 28 heavy (non-hydrogen) atoms. The fraction of sp³-hybridized carbons (Fsp3) is 0.905. The van der Waals surface area contributed by atoms with Crippen LogP contribution < -0.4 is 0 Å². The van der Waals surface area contributed by atoms with E-state index in [0.717, 1.165) is 37.7 Å². The van der Waals surface area contributed by atoms with Crippen molar-refractivity contribution in [2.24, 2.45) is 17.3 Å². The van der Waals surface area contributed by atoms with E-state index >= 15 is 0 Å². The van der Waals surface area contributed by atoms with Crippen LogP contribution in [-0.4, -0.2) is 75.1 Å². The second-order valence-corrected chi connectivity index (χ2v) is 9.57. The van der Waals surface area contributed by atoms with Crippen LogP contribution in [0.3, 0.4) is 0 Å². The lowest BCUT2D eigenvalue weighted by Crippen LogP contribution is -2.61. The van der Waals surface area contributed by atoms with E-state index < -0.39 is 42.9 Å². The van der Waals surface area contributed by atoms with Gasteiger partial charge in [0.2, 0.25) is 0 Å². The highest BCUT2D eigenvalue weighted by atomic mass is 16.7. The maximum Gasteiger partial charge on any atom is 0.187 e. The normalized spacial score (nSPS) is 44.7. The Morgan fingerprint density at radius 1 is 1.14 bits per heavy atom. The summed E-state index contributed by atoms with van der Waals surface area (Å²) in [6.45, 7) is 5.82. The van der Waals surface area contributed by atoms with Crippen molar-refractivity contribution in [2.45, 2.75) is 89.2 Å². The molecule has 1 heterocycles. The number of aliphatic hydroxyl groups is 5. The van der Waals surface area contributed by atoms with Crippen LogP contribution in [0.2, 0.25) is 0 Å². The Bertz CT molecular complexity index is 575. The molecule has 8 atom stereocenters. The van der Waals surface area contributed by atoms with Gasteiger partial charge in [-0.15, -0.1) is 0 Å². The molecule has 0 spiro atoms. The summed E-state index contributed by atoms with van der Waals surface area (Å²) in [6.07, 6.45) is 0.870. The van der Waals surface area contributed by atoms with Gasteiger partial charge in [-0.05, 0) is 68.8 Å². The Hall–Kier alpha value is -0.540. The first-order chi connectivity index (χ1) is 13.1. The third kappa shape index (κ3) is 4.03. The molecule has 0 aromatic carbocycles. The van der Waals surface area contributed by atoms with Gasteiger partial charge in [-0.3, -0.25) is 0 Å². The van der Waals surface area contributed by atoms with Crippen molar-refractivity contribution in [3.8, 4) is 0 Å². The summed E-state index contributed by atoms with van der Waals surface area (Å²) in [5.41, 5.74) is 0.664. The Balaban J connectivity index is 1.72. The number of ether oxygens (including phenoxy) is 2. The van der Waals surface area contributed by atoms with Gasteiger partial charge in [0.15, 0.2) is 6.29 Å². The largest absolute Gasteiger partial charge is 0.394 e. The molecule has 1 saturated heterocycles. The summed E-state index contributed by atoms with van der Waals surface area (Å²) in [5.74, 6) is 0.494. The highest BCUT2D eigenvalue weighted by Gasteiger charge is 2.50. The standard InChI is InChI=1S/C21H36O7/c1-20(2,28-19-18(26)17(25)16(24)15(11-23)27-19)13-6-8-21(3)7-4-5-12(10-22)14(21)9-13/h5,13-19,22-26H,4,6-11H2,1-3H3. The monoisotopic (exact) mass is 400 g/mol. The Kier molecular flexibility index (Phi) is 6.57. The van der Waals surface area contributed by atoms with E-state index in [-0.39, 0.29) is 17.9 Å². The highest BCUT2D eigenvalue weighted by Crippen LogP contribution is 2.54. The van der Waals surface area contributed by atoms with E-state index in [4.69, 9.17) is 9.47 Å². The van der Waals surface area contributed by atoms with Crippen molar-refractivity contribution >= 4 is 0 Å². The number of fused-ring (bicyclic) bond motifs is 1. The molecular weight excluding hydrogens is 364 g/mol. The molecule has 7 nitrogen and oxygen atoms in total. The van der Waals surface area contributed by atoms with Crippen molar-refractivity contribution in [1.29, 1.82) is 0 Å². The molecule has 162 valence electrons. The molecule has 0 aromatic rings. The van der Waals surface area contributed by atoms with E-state index in [1.807, 2.05) is 13.8 Å². The van der Waals surface area contributed by atoms with Crippen LogP contribution >= 0.6 is 0 Å².